The molecule has 32 heavy (non-hydrogen) atoms. The van der Waals surface area contributed by atoms with E-state index in [0.717, 1.165) is 16.8 Å². The van der Waals surface area contributed by atoms with Crippen LogP contribution in [-0.4, -0.2) is 31.9 Å². The van der Waals surface area contributed by atoms with Crippen LogP contribution in [0.3, 0.4) is 0 Å². The number of hydrogen-bond acceptors (Lipinski definition) is 6. The van der Waals surface area contributed by atoms with E-state index in [1.165, 1.54) is 12.1 Å². The van der Waals surface area contributed by atoms with Gasteiger partial charge in [0.2, 0.25) is 0 Å². The second-order valence-electron chi connectivity index (χ2n) is 7.63. The number of benzene rings is 1. The molecule has 0 unspecified atom stereocenters. The number of halogens is 1. The zero-order chi connectivity index (χ0) is 22.2. The standard InChI is InChI=1S/C23H21FN6O2/c1-13-19(30-8-3-6-17(20(25)31)23(30)27-13)22-28-18-12-32-9-7-16(18)21(29-22)26-11-14-4-2-5-15(24)10-14/h2-6,8,10H,7,9,11-12H2,1H3,(H2,25,31)(H,26,28,29). The number of amides is 1. The van der Waals surface area contributed by atoms with Crippen molar-refractivity contribution >= 4 is 17.4 Å². The Morgan fingerprint density at radius 2 is 2.12 bits per heavy atom. The molecule has 0 saturated heterocycles. The zero-order valence-corrected chi connectivity index (χ0v) is 17.4. The molecule has 1 aromatic carbocycles. The van der Waals surface area contributed by atoms with Gasteiger partial charge in [0.15, 0.2) is 5.82 Å². The lowest BCUT2D eigenvalue weighted by Gasteiger charge is -2.20. The largest absolute Gasteiger partial charge is 0.375 e. The van der Waals surface area contributed by atoms with Crippen LogP contribution in [0, 0.1) is 12.7 Å². The van der Waals surface area contributed by atoms with Gasteiger partial charge in [-0.05, 0) is 36.8 Å². The third-order valence-corrected chi connectivity index (χ3v) is 5.48. The molecular formula is C23H21FN6O2. The first-order valence-corrected chi connectivity index (χ1v) is 10.2. The summed E-state index contributed by atoms with van der Waals surface area (Å²) in [7, 11) is 0. The maximum atomic E-state index is 13.6. The number of carbonyl (C=O) groups is 1. The van der Waals surface area contributed by atoms with Crippen molar-refractivity contribution < 1.29 is 13.9 Å². The van der Waals surface area contributed by atoms with Gasteiger partial charge in [-0.25, -0.2) is 19.3 Å². The van der Waals surface area contributed by atoms with Gasteiger partial charge in [-0.3, -0.25) is 9.20 Å². The van der Waals surface area contributed by atoms with Gasteiger partial charge in [-0.15, -0.1) is 0 Å². The van der Waals surface area contributed by atoms with Crippen molar-refractivity contribution in [3.63, 3.8) is 0 Å². The monoisotopic (exact) mass is 432 g/mol. The molecule has 0 spiro atoms. The number of ether oxygens (including phenoxy) is 1. The van der Waals surface area contributed by atoms with Crippen LogP contribution in [0.4, 0.5) is 10.2 Å². The van der Waals surface area contributed by atoms with Gasteiger partial charge >= 0.3 is 0 Å². The number of pyridine rings is 1. The summed E-state index contributed by atoms with van der Waals surface area (Å²) in [5, 5.41) is 3.34. The molecule has 4 aromatic rings. The Bertz CT molecular complexity index is 1350. The van der Waals surface area contributed by atoms with Crippen LogP contribution >= 0.6 is 0 Å². The lowest BCUT2D eigenvalue weighted by Crippen LogP contribution is -2.17. The molecule has 0 bridgehead atoms. The fraction of sp³-hybridized carbons (Fsp3) is 0.217. The van der Waals surface area contributed by atoms with E-state index < -0.39 is 5.91 Å². The van der Waals surface area contributed by atoms with Crippen molar-refractivity contribution in [1.82, 2.24) is 19.4 Å². The van der Waals surface area contributed by atoms with Gasteiger partial charge in [0.05, 0.1) is 30.2 Å². The van der Waals surface area contributed by atoms with Crippen LogP contribution in [0.15, 0.2) is 42.6 Å². The Morgan fingerprint density at radius 1 is 1.25 bits per heavy atom. The smallest absolute Gasteiger partial charge is 0.252 e. The van der Waals surface area contributed by atoms with Crippen LogP contribution in [0.1, 0.15) is 32.9 Å². The van der Waals surface area contributed by atoms with Gasteiger partial charge in [0.1, 0.15) is 23.0 Å². The van der Waals surface area contributed by atoms with Gasteiger partial charge in [-0.2, -0.15) is 0 Å². The third kappa shape index (κ3) is 3.56. The third-order valence-electron chi connectivity index (χ3n) is 5.48. The Morgan fingerprint density at radius 3 is 2.94 bits per heavy atom. The maximum absolute atomic E-state index is 13.6. The van der Waals surface area contributed by atoms with Crippen molar-refractivity contribution in [1.29, 1.82) is 0 Å². The number of aromatic nitrogens is 4. The molecule has 1 amide bonds. The lowest BCUT2D eigenvalue weighted by molar-refractivity contribution is 0.100. The van der Waals surface area contributed by atoms with Crippen molar-refractivity contribution in [2.24, 2.45) is 5.73 Å². The number of aryl methyl sites for hydroxylation is 1. The molecule has 1 aliphatic rings. The topological polar surface area (TPSA) is 107 Å². The number of rotatable bonds is 5. The predicted octanol–water partition coefficient (Wildman–Crippen LogP) is 3.02. The number of fused-ring (bicyclic) bond motifs is 2. The lowest BCUT2D eigenvalue weighted by atomic mass is 10.1. The van der Waals surface area contributed by atoms with Gasteiger partial charge in [0.25, 0.3) is 5.91 Å². The molecule has 9 heteroatoms. The first-order chi connectivity index (χ1) is 15.5. The number of hydrogen-bond donors (Lipinski definition) is 2. The van der Waals surface area contributed by atoms with E-state index in [9.17, 15) is 9.18 Å². The Kier molecular flexibility index (Phi) is 5.02. The van der Waals surface area contributed by atoms with E-state index in [2.05, 4.69) is 10.3 Å². The van der Waals surface area contributed by atoms with E-state index in [1.54, 1.807) is 28.8 Å². The van der Waals surface area contributed by atoms with E-state index in [1.807, 2.05) is 13.0 Å². The van der Waals surface area contributed by atoms with Gasteiger partial charge in [-0.1, -0.05) is 12.1 Å². The maximum Gasteiger partial charge on any atom is 0.252 e. The van der Waals surface area contributed by atoms with Gasteiger partial charge < -0.3 is 15.8 Å². The van der Waals surface area contributed by atoms with E-state index in [0.29, 0.717) is 60.4 Å². The molecule has 0 fully saturated rings. The molecule has 8 nitrogen and oxygen atoms in total. The van der Waals surface area contributed by atoms with Crippen LogP contribution in [0.5, 0.6) is 0 Å². The van der Waals surface area contributed by atoms with Crippen molar-refractivity contribution in [2.75, 3.05) is 11.9 Å². The molecular weight excluding hydrogens is 411 g/mol. The van der Waals surface area contributed by atoms with Crippen LogP contribution in [0.25, 0.3) is 17.2 Å². The molecule has 3 N–H and O–H groups in total. The summed E-state index contributed by atoms with van der Waals surface area (Å²) in [6.07, 6.45) is 2.48. The van der Waals surface area contributed by atoms with Crippen LogP contribution < -0.4 is 11.1 Å². The summed E-state index contributed by atoms with van der Waals surface area (Å²) in [4.78, 5) is 26.0. The number of anilines is 1. The highest BCUT2D eigenvalue weighted by Gasteiger charge is 2.23. The summed E-state index contributed by atoms with van der Waals surface area (Å²) in [5.41, 5.74) is 10.2. The van der Waals surface area contributed by atoms with Crippen LogP contribution in [-0.2, 0) is 24.3 Å². The second kappa shape index (κ2) is 8.01. The number of carbonyl (C=O) groups excluding carboxylic acids is 1. The minimum absolute atomic E-state index is 0.283. The first-order valence-electron chi connectivity index (χ1n) is 10.2. The molecule has 3 aromatic heterocycles. The molecule has 1 aliphatic heterocycles. The number of nitrogens with two attached hydrogens (primary N) is 1. The molecule has 0 saturated carbocycles. The number of imidazole rings is 1. The molecule has 0 aliphatic carbocycles. The van der Waals surface area contributed by atoms with Gasteiger partial charge in [0, 0.05) is 24.7 Å². The van der Waals surface area contributed by atoms with E-state index in [-0.39, 0.29) is 5.82 Å². The van der Waals surface area contributed by atoms with Crippen molar-refractivity contribution in [3.05, 3.63) is 76.5 Å². The molecule has 0 radical (unpaired) electrons. The summed E-state index contributed by atoms with van der Waals surface area (Å²) in [6, 6.07) is 9.82. The average molecular weight is 432 g/mol. The Balaban J connectivity index is 1.61. The fourth-order valence-corrected chi connectivity index (χ4v) is 3.98. The Labute approximate surface area is 183 Å². The number of nitrogens with one attached hydrogen (secondary N) is 1. The number of primary amides is 1. The highest BCUT2D eigenvalue weighted by atomic mass is 19.1. The zero-order valence-electron chi connectivity index (χ0n) is 17.4. The minimum Gasteiger partial charge on any atom is -0.375 e. The summed E-state index contributed by atoms with van der Waals surface area (Å²) in [5.74, 6) is 0.305. The van der Waals surface area contributed by atoms with Crippen LogP contribution in [0.2, 0.25) is 0 Å². The predicted molar refractivity (Wildman–Crippen MR) is 117 cm³/mol. The molecule has 5 rings (SSSR count). The molecule has 4 heterocycles. The second-order valence-corrected chi connectivity index (χ2v) is 7.63. The highest BCUT2D eigenvalue weighted by Crippen LogP contribution is 2.29. The SMILES string of the molecule is Cc1nc2c(C(N)=O)cccn2c1-c1nc2c(c(NCc3cccc(F)c3)n1)CCOC2. The van der Waals surface area contributed by atoms with E-state index in [4.69, 9.17) is 20.4 Å². The molecule has 162 valence electrons. The summed E-state index contributed by atoms with van der Waals surface area (Å²) >= 11 is 0. The van der Waals surface area contributed by atoms with Crippen molar-refractivity contribution in [3.8, 4) is 11.5 Å². The first kappa shape index (κ1) is 20.1. The summed E-state index contributed by atoms with van der Waals surface area (Å²) < 4.78 is 21.0. The summed E-state index contributed by atoms with van der Waals surface area (Å²) in [6.45, 7) is 3.22. The highest BCUT2D eigenvalue weighted by molar-refractivity contribution is 5.99. The quantitative estimate of drug-likeness (QED) is 0.502. The Hall–Kier alpha value is -3.85. The molecule has 0 atom stereocenters. The number of nitrogens with zero attached hydrogens (tertiary/aromatic N) is 4. The fourth-order valence-electron chi connectivity index (χ4n) is 3.98. The normalized spacial score (nSPS) is 13.2. The average Bonchev–Trinajstić information content (AvgIpc) is 3.13. The minimum atomic E-state index is -0.552. The van der Waals surface area contributed by atoms with Crippen molar-refractivity contribution in [2.45, 2.75) is 26.5 Å². The van der Waals surface area contributed by atoms with E-state index >= 15 is 0 Å².